The van der Waals surface area contributed by atoms with Gasteiger partial charge in [-0.05, 0) is 69.8 Å². The summed E-state index contributed by atoms with van der Waals surface area (Å²) in [4.78, 5) is 15.2. The van der Waals surface area contributed by atoms with E-state index in [9.17, 15) is 0 Å². The number of para-hydroxylation sites is 2. The molecule has 3 aromatic heterocycles. The van der Waals surface area contributed by atoms with Gasteiger partial charge in [-0.25, -0.2) is 15.0 Å². The molecule has 62 heavy (non-hydrogen) atoms. The van der Waals surface area contributed by atoms with Crippen molar-refractivity contribution in [1.82, 2.24) is 19.5 Å². The maximum Gasteiger partial charge on any atom is 0.164 e. The molecule has 0 aliphatic heterocycles. The minimum atomic E-state index is 0.612. The van der Waals surface area contributed by atoms with Crippen LogP contribution in [0.1, 0.15) is 0 Å². The average Bonchev–Trinajstić information content (AvgIpc) is 3.90. The summed E-state index contributed by atoms with van der Waals surface area (Å²) in [6.45, 7) is 0. The first-order valence-electron chi connectivity index (χ1n) is 20.8. The van der Waals surface area contributed by atoms with Crippen LogP contribution in [0.3, 0.4) is 0 Å². The topological polar surface area (TPSA) is 56.7 Å². The number of hydrogen-bond donors (Lipinski definition) is 0. The molecule has 0 atom stereocenters. The zero-order chi connectivity index (χ0) is 41.0. The van der Waals surface area contributed by atoms with Crippen molar-refractivity contribution in [2.45, 2.75) is 0 Å². The summed E-state index contributed by atoms with van der Waals surface area (Å²) < 4.78 is 9.17. The highest BCUT2D eigenvalue weighted by Crippen LogP contribution is 2.41. The van der Waals surface area contributed by atoms with Gasteiger partial charge in [-0.1, -0.05) is 182 Å². The van der Waals surface area contributed by atoms with Crippen LogP contribution in [0, 0.1) is 0 Å². The first-order valence-corrected chi connectivity index (χ1v) is 20.8. The second kappa shape index (κ2) is 14.7. The molecule has 0 spiro atoms. The molecule has 0 amide bonds. The fourth-order valence-electron chi connectivity index (χ4n) is 8.77. The number of nitrogens with zero attached hydrogens (tertiary/aromatic N) is 4. The van der Waals surface area contributed by atoms with Crippen LogP contribution in [-0.2, 0) is 0 Å². The summed E-state index contributed by atoms with van der Waals surface area (Å²) in [7, 11) is 0. The van der Waals surface area contributed by atoms with Crippen LogP contribution in [0.4, 0.5) is 0 Å². The largest absolute Gasteiger partial charge is 0.454 e. The van der Waals surface area contributed by atoms with Crippen molar-refractivity contribution >= 4 is 43.7 Å². The molecule has 5 nitrogen and oxygen atoms in total. The molecular weight excluding hydrogens is 757 g/mol. The Bertz CT molecular complexity index is 3480. The van der Waals surface area contributed by atoms with Crippen LogP contribution in [-0.4, -0.2) is 19.5 Å². The molecule has 0 N–H and O–H groups in total. The minimum absolute atomic E-state index is 0.612. The summed E-state index contributed by atoms with van der Waals surface area (Å²) in [5.41, 5.74) is 14.6. The van der Waals surface area contributed by atoms with Crippen LogP contribution >= 0.6 is 0 Å². The maximum atomic E-state index is 6.84. The molecule has 0 saturated heterocycles. The average molecular weight is 793 g/mol. The fraction of sp³-hybridized carbons (Fsp3) is 0. The van der Waals surface area contributed by atoms with Crippen molar-refractivity contribution in [1.29, 1.82) is 0 Å². The third-order valence-corrected chi connectivity index (χ3v) is 11.9. The highest BCUT2D eigenvalue weighted by atomic mass is 16.3. The van der Waals surface area contributed by atoms with E-state index in [2.05, 4.69) is 211 Å². The Morgan fingerprint density at radius 2 is 0.710 bits per heavy atom. The molecule has 12 aromatic rings. The molecular formula is C57H36N4O. The SMILES string of the molecule is c1ccc(-c2ccc(-c3nc(-c4ccc(-c5ccccc5)cc4)nc(-c4ccc(-c5ccc6c(c5)oc5c6ccc6c7ccccc7n(-c7ccccc7)c65)cc4)n3)cc2)cc1. The molecule has 0 aliphatic carbocycles. The van der Waals surface area contributed by atoms with E-state index >= 15 is 0 Å². The molecule has 0 saturated carbocycles. The summed E-state index contributed by atoms with van der Waals surface area (Å²) in [6.07, 6.45) is 0. The van der Waals surface area contributed by atoms with Gasteiger partial charge in [-0.3, -0.25) is 0 Å². The van der Waals surface area contributed by atoms with E-state index in [-0.39, 0.29) is 0 Å². The second-order valence-corrected chi connectivity index (χ2v) is 15.6. The number of furan rings is 1. The molecule has 0 radical (unpaired) electrons. The Balaban J connectivity index is 0.925. The first kappa shape index (κ1) is 35.5. The summed E-state index contributed by atoms with van der Waals surface area (Å²) in [6, 6.07) is 76.2. The van der Waals surface area contributed by atoms with Crippen LogP contribution in [0.25, 0.3) is 117 Å². The van der Waals surface area contributed by atoms with Gasteiger partial charge in [-0.2, -0.15) is 0 Å². The zero-order valence-electron chi connectivity index (χ0n) is 33.5. The van der Waals surface area contributed by atoms with E-state index in [1.54, 1.807) is 0 Å². The predicted octanol–water partition coefficient (Wildman–Crippen LogP) is 14.9. The predicted molar refractivity (Wildman–Crippen MR) is 254 cm³/mol. The van der Waals surface area contributed by atoms with Crippen molar-refractivity contribution < 1.29 is 4.42 Å². The lowest BCUT2D eigenvalue weighted by Crippen LogP contribution is -2.00. The van der Waals surface area contributed by atoms with Crippen molar-refractivity contribution in [3.05, 3.63) is 218 Å². The summed E-state index contributed by atoms with van der Waals surface area (Å²) in [5, 5.41) is 4.56. The van der Waals surface area contributed by atoms with Gasteiger partial charge < -0.3 is 8.98 Å². The Labute approximate surface area is 357 Å². The van der Waals surface area contributed by atoms with E-state index in [1.807, 2.05) is 12.1 Å². The normalized spacial score (nSPS) is 11.5. The van der Waals surface area contributed by atoms with Gasteiger partial charge in [0.25, 0.3) is 0 Å². The molecule has 0 unspecified atom stereocenters. The summed E-state index contributed by atoms with van der Waals surface area (Å²) in [5.74, 6) is 1.86. The lowest BCUT2D eigenvalue weighted by Gasteiger charge is -2.10. The highest BCUT2D eigenvalue weighted by Gasteiger charge is 2.20. The monoisotopic (exact) mass is 792 g/mol. The second-order valence-electron chi connectivity index (χ2n) is 15.6. The van der Waals surface area contributed by atoms with Gasteiger partial charge in [0.05, 0.1) is 11.0 Å². The molecule has 3 heterocycles. The number of rotatable bonds is 7. The van der Waals surface area contributed by atoms with E-state index < -0.39 is 0 Å². The quantitative estimate of drug-likeness (QED) is 0.161. The highest BCUT2D eigenvalue weighted by molar-refractivity contribution is 6.21. The first-order chi connectivity index (χ1) is 30.7. The van der Waals surface area contributed by atoms with Crippen LogP contribution < -0.4 is 0 Å². The van der Waals surface area contributed by atoms with Crippen LogP contribution in [0.5, 0.6) is 0 Å². The Kier molecular flexibility index (Phi) is 8.42. The van der Waals surface area contributed by atoms with Crippen molar-refractivity contribution in [2.75, 3.05) is 0 Å². The Hall–Kier alpha value is -8.41. The van der Waals surface area contributed by atoms with Gasteiger partial charge in [0.15, 0.2) is 23.1 Å². The van der Waals surface area contributed by atoms with Gasteiger partial charge >= 0.3 is 0 Å². The van der Waals surface area contributed by atoms with Crippen LogP contribution in [0.2, 0.25) is 0 Å². The lowest BCUT2D eigenvalue weighted by molar-refractivity contribution is 0.671. The van der Waals surface area contributed by atoms with E-state index in [0.717, 1.165) is 77.6 Å². The maximum absolute atomic E-state index is 6.84. The number of hydrogen-bond acceptors (Lipinski definition) is 4. The third kappa shape index (κ3) is 6.14. The molecule has 5 heteroatoms. The van der Waals surface area contributed by atoms with E-state index in [1.165, 1.54) is 21.9 Å². The molecule has 290 valence electrons. The van der Waals surface area contributed by atoms with E-state index in [0.29, 0.717) is 17.5 Å². The standard InChI is InChI=1S/C57H36N4O/c1-4-12-37(13-5-1)39-20-26-42(27-21-39)55-58-56(43-28-22-40(23-29-43)38-14-6-2-7-15-38)60-57(59-55)44-30-24-41(25-31-44)45-32-33-48-50-35-34-49-47-18-10-11-19-51(47)61(46-16-8-3-9-17-46)53(49)54(50)62-52(48)36-45/h1-36H. The van der Waals surface area contributed by atoms with Crippen molar-refractivity contribution in [3.63, 3.8) is 0 Å². The Morgan fingerprint density at radius 3 is 1.26 bits per heavy atom. The fourth-order valence-corrected chi connectivity index (χ4v) is 8.77. The molecule has 0 bridgehead atoms. The van der Waals surface area contributed by atoms with Crippen LogP contribution in [0.15, 0.2) is 223 Å². The number of benzene rings is 9. The van der Waals surface area contributed by atoms with Gasteiger partial charge in [0.1, 0.15) is 5.58 Å². The molecule has 12 rings (SSSR count). The minimum Gasteiger partial charge on any atom is -0.454 e. The van der Waals surface area contributed by atoms with Crippen molar-refractivity contribution in [3.8, 4) is 73.2 Å². The Morgan fingerprint density at radius 1 is 0.306 bits per heavy atom. The van der Waals surface area contributed by atoms with Gasteiger partial charge in [0.2, 0.25) is 0 Å². The molecule has 9 aromatic carbocycles. The number of fused-ring (bicyclic) bond motifs is 7. The van der Waals surface area contributed by atoms with Gasteiger partial charge in [0, 0.05) is 43.9 Å². The smallest absolute Gasteiger partial charge is 0.164 e. The zero-order valence-corrected chi connectivity index (χ0v) is 33.5. The van der Waals surface area contributed by atoms with E-state index in [4.69, 9.17) is 19.4 Å². The lowest BCUT2D eigenvalue weighted by atomic mass is 10.0. The number of aromatic nitrogens is 4. The molecule has 0 aliphatic rings. The molecule has 0 fully saturated rings. The third-order valence-electron chi connectivity index (χ3n) is 11.9. The van der Waals surface area contributed by atoms with Gasteiger partial charge in [-0.15, -0.1) is 0 Å². The van der Waals surface area contributed by atoms with Crippen molar-refractivity contribution in [2.24, 2.45) is 0 Å². The summed E-state index contributed by atoms with van der Waals surface area (Å²) >= 11 is 0.